The summed E-state index contributed by atoms with van der Waals surface area (Å²) in [7, 11) is 0. The molecule has 0 atom stereocenters. The quantitative estimate of drug-likeness (QED) is 0.203. The average molecular weight is 486 g/mol. The van der Waals surface area contributed by atoms with Crippen molar-refractivity contribution in [3.05, 3.63) is 114 Å². The van der Waals surface area contributed by atoms with Crippen LogP contribution in [0.15, 0.2) is 101 Å². The van der Waals surface area contributed by atoms with E-state index in [1.54, 1.807) is 60.7 Å². The summed E-state index contributed by atoms with van der Waals surface area (Å²) in [4.78, 5) is 29.5. The fraction of sp³-hybridized carbons (Fsp3) is 0. The Kier molecular flexibility index (Phi) is 5.80. The molecule has 0 radical (unpaired) electrons. The molecule has 2 heterocycles. The Morgan fingerprint density at radius 3 is 1.86 bits per heavy atom. The first kappa shape index (κ1) is 22.4. The first-order valence-corrected chi connectivity index (χ1v) is 10.9. The minimum Gasteiger partial charge on any atom is -0.457 e. The molecule has 5 nitrogen and oxygen atoms in total. The summed E-state index contributed by atoms with van der Waals surface area (Å²) >= 11 is 5.56. The van der Waals surface area contributed by atoms with Crippen LogP contribution in [0, 0.1) is 11.6 Å². The largest absolute Gasteiger partial charge is 0.457 e. The molecule has 2 amide bonds. The number of hydrogen-bond donors (Lipinski definition) is 0. The summed E-state index contributed by atoms with van der Waals surface area (Å²) in [5, 5.41) is 0.0167. The van der Waals surface area contributed by atoms with Gasteiger partial charge < -0.3 is 4.42 Å². The summed E-state index contributed by atoms with van der Waals surface area (Å²) in [5.74, 6) is -2.47. The van der Waals surface area contributed by atoms with Gasteiger partial charge in [-0.15, -0.1) is 0 Å². The van der Waals surface area contributed by atoms with Gasteiger partial charge in [-0.25, -0.2) is 8.78 Å². The topological polar surface area (TPSA) is 53.8 Å². The first-order chi connectivity index (χ1) is 16.9. The highest BCUT2D eigenvalue weighted by Gasteiger charge is 2.41. The van der Waals surface area contributed by atoms with E-state index in [4.69, 9.17) is 16.6 Å². The van der Waals surface area contributed by atoms with E-state index < -0.39 is 23.4 Å². The van der Waals surface area contributed by atoms with Crippen LogP contribution in [-0.2, 0) is 9.59 Å². The highest BCUT2D eigenvalue weighted by molar-refractivity contribution is 7.81. The number of nitrogens with zero attached hydrogens (tertiary/aromatic N) is 2. The van der Waals surface area contributed by atoms with Crippen molar-refractivity contribution in [1.29, 1.82) is 0 Å². The number of thiocarbonyl (C=S) groups is 1. The van der Waals surface area contributed by atoms with Crippen LogP contribution in [0.5, 0.6) is 0 Å². The maximum atomic E-state index is 14.2. The van der Waals surface area contributed by atoms with Gasteiger partial charge in [0.25, 0.3) is 11.8 Å². The Bertz CT molecular complexity index is 1420. The van der Waals surface area contributed by atoms with Gasteiger partial charge in [0.2, 0.25) is 0 Å². The molecule has 5 rings (SSSR count). The minimum absolute atomic E-state index is 0.0167. The number of amides is 2. The van der Waals surface area contributed by atoms with E-state index >= 15 is 0 Å². The van der Waals surface area contributed by atoms with Crippen LogP contribution in [-0.4, -0.2) is 16.9 Å². The molecule has 0 unspecified atom stereocenters. The zero-order valence-corrected chi connectivity index (χ0v) is 18.8. The first-order valence-electron chi connectivity index (χ1n) is 10.5. The standard InChI is InChI=1S/C27H16F2N2O3S/c28-17-11-13-21(23(29)15-17)24-14-12-20(34-24)16-22-25(32)30(18-7-3-1-4-8-18)27(35)31(26(22)33)19-9-5-2-6-10-19/h1-16H. The van der Waals surface area contributed by atoms with Crippen molar-refractivity contribution in [2.75, 3.05) is 9.80 Å². The zero-order valence-electron chi connectivity index (χ0n) is 18.0. The molecule has 1 aliphatic rings. The Balaban J connectivity index is 1.59. The van der Waals surface area contributed by atoms with Crippen molar-refractivity contribution in [2.45, 2.75) is 0 Å². The van der Waals surface area contributed by atoms with Crippen molar-refractivity contribution in [2.24, 2.45) is 0 Å². The lowest BCUT2D eigenvalue weighted by atomic mass is 10.1. The summed E-state index contributed by atoms with van der Waals surface area (Å²) < 4.78 is 33.2. The molecule has 0 aliphatic carbocycles. The van der Waals surface area contributed by atoms with Crippen LogP contribution < -0.4 is 9.80 Å². The molecule has 3 aromatic carbocycles. The molecule has 8 heteroatoms. The lowest BCUT2D eigenvalue weighted by Gasteiger charge is -2.36. The van der Waals surface area contributed by atoms with Crippen LogP contribution in [0.4, 0.5) is 20.2 Å². The van der Waals surface area contributed by atoms with Crippen molar-refractivity contribution < 1.29 is 22.8 Å². The van der Waals surface area contributed by atoms with Gasteiger partial charge in [0.15, 0.2) is 5.11 Å². The molecule has 0 bridgehead atoms. The number of rotatable bonds is 4. The number of furan rings is 1. The lowest BCUT2D eigenvalue weighted by Crippen LogP contribution is -2.56. The molecule has 0 spiro atoms. The van der Waals surface area contributed by atoms with E-state index in [9.17, 15) is 18.4 Å². The molecule has 1 fully saturated rings. The number of halogens is 2. The number of anilines is 2. The Hall–Kier alpha value is -4.43. The SMILES string of the molecule is O=C1C(=Cc2ccc(-c3ccc(F)cc3F)o2)C(=O)N(c2ccccc2)C(=S)N1c1ccccc1. The van der Waals surface area contributed by atoms with E-state index in [0.717, 1.165) is 12.1 Å². The van der Waals surface area contributed by atoms with Gasteiger partial charge in [0, 0.05) is 6.07 Å². The fourth-order valence-corrected chi connectivity index (χ4v) is 4.12. The molecular weight excluding hydrogens is 470 g/mol. The number of hydrogen-bond acceptors (Lipinski definition) is 4. The van der Waals surface area contributed by atoms with E-state index in [2.05, 4.69) is 0 Å². The van der Waals surface area contributed by atoms with Crippen LogP contribution in [0.2, 0.25) is 0 Å². The number of carbonyl (C=O) groups excluding carboxylic acids is 2. The van der Waals surface area contributed by atoms with E-state index in [1.165, 1.54) is 34.1 Å². The highest BCUT2D eigenvalue weighted by Crippen LogP contribution is 2.31. The maximum absolute atomic E-state index is 14.2. The van der Waals surface area contributed by atoms with Crippen molar-refractivity contribution in [1.82, 2.24) is 0 Å². The molecule has 0 N–H and O–H groups in total. The van der Waals surface area contributed by atoms with Crippen molar-refractivity contribution in [3.8, 4) is 11.3 Å². The normalized spacial score (nSPS) is 14.0. The second kappa shape index (κ2) is 9.08. The van der Waals surface area contributed by atoms with Crippen molar-refractivity contribution in [3.63, 3.8) is 0 Å². The molecule has 4 aromatic rings. The summed E-state index contributed by atoms with van der Waals surface area (Å²) in [5.41, 5.74) is 0.854. The van der Waals surface area contributed by atoms with Gasteiger partial charge in [0.1, 0.15) is 28.7 Å². The van der Waals surface area contributed by atoms with Gasteiger partial charge in [-0.1, -0.05) is 36.4 Å². The molecule has 0 saturated carbocycles. The highest BCUT2D eigenvalue weighted by atomic mass is 32.1. The van der Waals surface area contributed by atoms with Crippen LogP contribution >= 0.6 is 12.2 Å². The number of para-hydroxylation sites is 2. The molecule has 1 saturated heterocycles. The average Bonchev–Trinajstić information content (AvgIpc) is 3.31. The van der Waals surface area contributed by atoms with Crippen LogP contribution in [0.1, 0.15) is 5.76 Å². The molecule has 1 aromatic heterocycles. The zero-order chi connectivity index (χ0) is 24.5. The molecule has 172 valence electrons. The summed E-state index contributed by atoms with van der Waals surface area (Å²) in [6.45, 7) is 0. The monoisotopic (exact) mass is 486 g/mol. The van der Waals surface area contributed by atoms with Gasteiger partial charge in [0.05, 0.1) is 16.9 Å². The second-order valence-electron chi connectivity index (χ2n) is 7.62. The Labute approximate surface area is 204 Å². The lowest BCUT2D eigenvalue weighted by molar-refractivity contribution is -0.120. The van der Waals surface area contributed by atoms with Gasteiger partial charge in [-0.2, -0.15) is 0 Å². The summed E-state index contributed by atoms with van der Waals surface area (Å²) in [6, 6.07) is 23.6. The Morgan fingerprint density at radius 1 is 0.743 bits per heavy atom. The van der Waals surface area contributed by atoms with Gasteiger partial charge in [-0.05, 0) is 66.8 Å². The molecule has 35 heavy (non-hydrogen) atoms. The maximum Gasteiger partial charge on any atom is 0.270 e. The molecular formula is C27H16F2N2O3S. The smallest absolute Gasteiger partial charge is 0.270 e. The minimum atomic E-state index is -0.792. The number of carbonyl (C=O) groups is 2. The predicted octanol–water partition coefficient (Wildman–Crippen LogP) is 5.97. The van der Waals surface area contributed by atoms with E-state index in [0.29, 0.717) is 11.4 Å². The van der Waals surface area contributed by atoms with E-state index in [-0.39, 0.29) is 27.8 Å². The van der Waals surface area contributed by atoms with Crippen LogP contribution in [0.25, 0.3) is 17.4 Å². The summed E-state index contributed by atoms with van der Waals surface area (Å²) in [6.07, 6.45) is 1.29. The van der Waals surface area contributed by atoms with E-state index in [1.807, 2.05) is 0 Å². The Morgan fingerprint density at radius 2 is 1.31 bits per heavy atom. The third-order valence-corrected chi connectivity index (χ3v) is 5.75. The third-order valence-electron chi connectivity index (χ3n) is 5.39. The van der Waals surface area contributed by atoms with Crippen LogP contribution in [0.3, 0.4) is 0 Å². The third kappa shape index (κ3) is 4.15. The fourth-order valence-electron chi connectivity index (χ4n) is 3.75. The van der Waals surface area contributed by atoms with Gasteiger partial charge in [-0.3, -0.25) is 19.4 Å². The van der Waals surface area contributed by atoms with Gasteiger partial charge >= 0.3 is 0 Å². The predicted molar refractivity (Wildman–Crippen MR) is 132 cm³/mol. The second-order valence-corrected chi connectivity index (χ2v) is 7.98. The van der Waals surface area contributed by atoms with Crippen molar-refractivity contribution >= 4 is 46.6 Å². The number of benzene rings is 3. The molecule has 1 aliphatic heterocycles.